The number of thioether (sulfide) groups is 1. The van der Waals surface area contributed by atoms with Gasteiger partial charge in [-0.2, -0.15) is 0 Å². The number of carbonyl (C=O) groups is 1. The van der Waals surface area contributed by atoms with Crippen LogP contribution >= 0.6 is 11.8 Å². The summed E-state index contributed by atoms with van der Waals surface area (Å²) in [5.41, 5.74) is 1.00. The first-order chi connectivity index (χ1) is 12.0. The van der Waals surface area contributed by atoms with Gasteiger partial charge >= 0.3 is 0 Å². The van der Waals surface area contributed by atoms with E-state index in [0.717, 1.165) is 16.5 Å². The van der Waals surface area contributed by atoms with Gasteiger partial charge in [-0.3, -0.25) is 9.36 Å². The zero-order chi connectivity index (χ0) is 18.4. The summed E-state index contributed by atoms with van der Waals surface area (Å²) in [6.45, 7) is 12.6. The average Bonchev–Trinajstić information content (AvgIpc) is 2.96. The number of benzene rings is 1. The molecule has 5 nitrogen and oxygen atoms in total. The fourth-order valence-electron chi connectivity index (χ4n) is 2.86. The van der Waals surface area contributed by atoms with Crippen molar-refractivity contribution in [3.05, 3.63) is 43.0 Å². The number of nitrogens with zero attached hydrogens (tertiary/aromatic N) is 4. The molecule has 1 amide bonds. The summed E-state index contributed by atoms with van der Waals surface area (Å²) in [5, 5.41) is 9.34. The summed E-state index contributed by atoms with van der Waals surface area (Å²) in [6.07, 6.45) is 1.82. The molecular formula is C19H26N4OS. The van der Waals surface area contributed by atoms with Gasteiger partial charge in [0.05, 0.1) is 5.75 Å². The Balaban J connectivity index is 2.19. The van der Waals surface area contributed by atoms with Crippen molar-refractivity contribution in [3.8, 4) is 11.4 Å². The van der Waals surface area contributed by atoms with E-state index < -0.39 is 0 Å². The maximum Gasteiger partial charge on any atom is 0.233 e. The smallest absolute Gasteiger partial charge is 0.233 e. The van der Waals surface area contributed by atoms with Gasteiger partial charge in [0.25, 0.3) is 0 Å². The van der Waals surface area contributed by atoms with Crippen molar-refractivity contribution in [1.29, 1.82) is 0 Å². The lowest BCUT2D eigenvalue weighted by Crippen LogP contribution is -2.43. The summed E-state index contributed by atoms with van der Waals surface area (Å²) in [7, 11) is 0. The van der Waals surface area contributed by atoms with E-state index in [1.807, 2.05) is 73.6 Å². The second kappa shape index (κ2) is 8.85. The van der Waals surface area contributed by atoms with Crippen molar-refractivity contribution in [1.82, 2.24) is 19.7 Å². The summed E-state index contributed by atoms with van der Waals surface area (Å²) in [6, 6.07) is 10.3. The lowest BCUT2D eigenvalue weighted by Gasteiger charge is -2.30. The predicted molar refractivity (Wildman–Crippen MR) is 103 cm³/mol. The predicted octanol–water partition coefficient (Wildman–Crippen LogP) is 3.87. The molecule has 0 saturated carbocycles. The van der Waals surface area contributed by atoms with Crippen molar-refractivity contribution in [2.45, 2.75) is 51.5 Å². The molecule has 0 bridgehead atoms. The summed E-state index contributed by atoms with van der Waals surface area (Å²) >= 11 is 1.42. The van der Waals surface area contributed by atoms with Crippen molar-refractivity contribution < 1.29 is 4.79 Å². The maximum atomic E-state index is 12.6. The molecule has 0 unspecified atom stereocenters. The van der Waals surface area contributed by atoms with Crippen LogP contribution in [0.3, 0.4) is 0 Å². The minimum Gasteiger partial charge on any atom is -0.337 e. The van der Waals surface area contributed by atoms with Crippen LogP contribution in [0, 0.1) is 0 Å². The second-order valence-corrected chi connectivity index (χ2v) is 7.29. The lowest BCUT2D eigenvalue weighted by molar-refractivity contribution is -0.131. The van der Waals surface area contributed by atoms with E-state index in [1.165, 1.54) is 11.8 Å². The fraction of sp³-hybridized carbons (Fsp3) is 0.421. The fourth-order valence-corrected chi connectivity index (χ4v) is 3.68. The van der Waals surface area contributed by atoms with Gasteiger partial charge in [-0.05, 0) is 27.7 Å². The first-order valence-corrected chi connectivity index (χ1v) is 9.47. The Kier molecular flexibility index (Phi) is 6.82. The molecule has 1 aromatic carbocycles. The van der Waals surface area contributed by atoms with Crippen LogP contribution in [0.15, 0.2) is 48.1 Å². The third-order valence-electron chi connectivity index (χ3n) is 3.79. The van der Waals surface area contributed by atoms with Crippen LogP contribution in [0.2, 0.25) is 0 Å². The van der Waals surface area contributed by atoms with E-state index in [9.17, 15) is 4.79 Å². The first kappa shape index (κ1) is 19.2. The van der Waals surface area contributed by atoms with Gasteiger partial charge in [-0.25, -0.2) is 0 Å². The monoisotopic (exact) mass is 358 g/mol. The highest BCUT2D eigenvalue weighted by molar-refractivity contribution is 7.99. The standard InChI is InChI=1S/C19H26N4OS/c1-6-12-22-18(16-10-8-7-9-11-16)20-21-19(22)25-13-17(24)23(14(2)3)15(4)5/h6-11,14-15H,1,12-13H2,2-5H3. The van der Waals surface area contributed by atoms with Crippen LogP contribution in [0.25, 0.3) is 11.4 Å². The molecule has 0 aliphatic carbocycles. The molecule has 2 aromatic rings. The summed E-state index contributed by atoms with van der Waals surface area (Å²) < 4.78 is 2.00. The summed E-state index contributed by atoms with van der Waals surface area (Å²) in [5.74, 6) is 1.25. The quantitative estimate of drug-likeness (QED) is 0.531. The van der Waals surface area contributed by atoms with Gasteiger partial charge in [0, 0.05) is 24.2 Å². The molecule has 0 radical (unpaired) electrons. The Bertz CT molecular complexity index is 701. The first-order valence-electron chi connectivity index (χ1n) is 8.49. The molecular weight excluding hydrogens is 332 g/mol. The largest absolute Gasteiger partial charge is 0.337 e. The third kappa shape index (κ3) is 4.72. The van der Waals surface area contributed by atoms with E-state index in [2.05, 4.69) is 16.8 Å². The molecule has 0 N–H and O–H groups in total. The van der Waals surface area contributed by atoms with Gasteiger partial charge < -0.3 is 4.90 Å². The SMILES string of the molecule is C=CCn1c(SCC(=O)N(C(C)C)C(C)C)nnc1-c1ccccc1. The van der Waals surface area contributed by atoms with Crippen LogP contribution in [-0.4, -0.2) is 43.4 Å². The average molecular weight is 359 g/mol. The number of carbonyl (C=O) groups excluding carboxylic acids is 1. The van der Waals surface area contributed by atoms with Crippen molar-refractivity contribution in [2.24, 2.45) is 0 Å². The highest BCUT2D eigenvalue weighted by atomic mass is 32.2. The van der Waals surface area contributed by atoms with E-state index in [0.29, 0.717) is 12.3 Å². The molecule has 1 heterocycles. The zero-order valence-corrected chi connectivity index (χ0v) is 16.2. The zero-order valence-electron chi connectivity index (χ0n) is 15.3. The van der Waals surface area contributed by atoms with Crippen LogP contribution in [0.5, 0.6) is 0 Å². The molecule has 0 saturated heterocycles. The van der Waals surface area contributed by atoms with Gasteiger partial charge in [0.2, 0.25) is 5.91 Å². The Hall–Kier alpha value is -2.08. The lowest BCUT2D eigenvalue weighted by atomic mass is 10.2. The molecule has 0 fully saturated rings. The maximum absolute atomic E-state index is 12.6. The van der Waals surface area contributed by atoms with Crippen LogP contribution in [0.1, 0.15) is 27.7 Å². The number of amides is 1. The van der Waals surface area contributed by atoms with Gasteiger partial charge in [-0.15, -0.1) is 16.8 Å². The molecule has 6 heteroatoms. The Morgan fingerprint density at radius 2 is 1.84 bits per heavy atom. The van der Waals surface area contributed by atoms with Crippen LogP contribution in [-0.2, 0) is 11.3 Å². The van der Waals surface area contributed by atoms with Gasteiger partial charge in [0.1, 0.15) is 0 Å². The molecule has 0 atom stereocenters. The highest BCUT2D eigenvalue weighted by Crippen LogP contribution is 2.24. The molecule has 0 spiro atoms. The molecule has 134 valence electrons. The number of allylic oxidation sites excluding steroid dienone is 1. The Morgan fingerprint density at radius 1 is 1.20 bits per heavy atom. The molecule has 0 aliphatic rings. The third-order valence-corrected chi connectivity index (χ3v) is 4.74. The highest BCUT2D eigenvalue weighted by Gasteiger charge is 2.21. The van der Waals surface area contributed by atoms with Crippen molar-refractivity contribution >= 4 is 17.7 Å². The number of rotatable bonds is 8. The summed E-state index contributed by atoms with van der Waals surface area (Å²) in [4.78, 5) is 14.5. The van der Waals surface area contributed by atoms with E-state index >= 15 is 0 Å². The molecule has 1 aromatic heterocycles. The molecule has 25 heavy (non-hydrogen) atoms. The minimum atomic E-state index is 0.115. The van der Waals surface area contributed by atoms with Gasteiger partial charge in [0.15, 0.2) is 11.0 Å². The Morgan fingerprint density at radius 3 is 2.40 bits per heavy atom. The number of hydrogen-bond acceptors (Lipinski definition) is 4. The molecule has 0 aliphatic heterocycles. The van der Waals surface area contributed by atoms with Crippen molar-refractivity contribution in [3.63, 3.8) is 0 Å². The van der Waals surface area contributed by atoms with E-state index in [1.54, 1.807) is 0 Å². The number of hydrogen-bond donors (Lipinski definition) is 0. The minimum absolute atomic E-state index is 0.115. The second-order valence-electron chi connectivity index (χ2n) is 6.35. The van der Waals surface area contributed by atoms with Crippen LogP contribution < -0.4 is 0 Å². The van der Waals surface area contributed by atoms with E-state index in [4.69, 9.17) is 0 Å². The van der Waals surface area contributed by atoms with Crippen molar-refractivity contribution in [2.75, 3.05) is 5.75 Å². The van der Waals surface area contributed by atoms with E-state index in [-0.39, 0.29) is 18.0 Å². The van der Waals surface area contributed by atoms with Gasteiger partial charge in [-0.1, -0.05) is 48.2 Å². The number of aromatic nitrogens is 3. The molecule has 2 rings (SSSR count). The Labute approximate surface area is 154 Å². The normalized spacial score (nSPS) is 11.1. The van der Waals surface area contributed by atoms with Crippen LogP contribution in [0.4, 0.5) is 0 Å². The topological polar surface area (TPSA) is 51.0 Å².